The predicted molar refractivity (Wildman–Crippen MR) is 53.8 cm³/mol. The van der Waals surface area contributed by atoms with Crippen molar-refractivity contribution in [1.29, 1.82) is 0 Å². The molecule has 0 aliphatic heterocycles. The summed E-state index contributed by atoms with van der Waals surface area (Å²) in [5.41, 5.74) is 7.14. The average molecular weight is 195 g/mol. The minimum atomic E-state index is -0.281. The first-order valence-electron chi connectivity index (χ1n) is 5.13. The van der Waals surface area contributed by atoms with E-state index in [0.717, 1.165) is 37.0 Å². The molecule has 78 valence electrons. The van der Waals surface area contributed by atoms with Crippen LogP contribution < -0.4 is 5.73 Å². The number of aryl methyl sites for hydroxylation is 1. The quantitative estimate of drug-likeness (QED) is 0.716. The summed E-state index contributed by atoms with van der Waals surface area (Å²) < 4.78 is 5.27. The van der Waals surface area contributed by atoms with Crippen molar-refractivity contribution in [3.8, 4) is 0 Å². The van der Waals surface area contributed by atoms with Gasteiger partial charge in [0.15, 0.2) is 0 Å². The smallest absolute Gasteiger partial charge is 0.105 e. The maximum Gasteiger partial charge on any atom is 0.105 e. The van der Waals surface area contributed by atoms with E-state index < -0.39 is 0 Å². The fourth-order valence-corrected chi connectivity index (χ4v) is 2.29. The van der Waals surface area contributed by atoms with Crippen LogP contribution in [0.3, 0.4) is 0 Å². The van der Waals surface area contributed by atoms with Gasteiger partial charge in [0.05, 0.1) is 12.4 Å². The van der Waals surface area contributed by atoms with Crippen molar-refractivity contribution in [2.24, 2.45) is 5.73 Å². The van der Waals surface area contributed by atoms with Crippen LogP contribution in [-0.2, 0) is 5.54 Å². The lowest BCUT2D eigenvalue weighted by molar-refractivity contribution is 0.0964. The van der Waals surface area contributed by atoms with Crippen LogP contribution in [0.2, 0.25) is 0 Å². The Bertz CT molecular complexity index is 311. The van der Waals surface area contributed by atoms with Gasteiger partial charge in [-0.15, -0.1) is 0 Å². The Morgan fingerprint density at radius 1 is 1.50 bits per heavy atom. The van der Waals surface area contributed by atoms with Crippen molar-refractivity contribution in [2.45, 2.75) is 44.2 Å². The first-order valence-corrected chi connectivity index (χ1v) is 5.13. The minimum absolute atomic E-state index is 0.168. The van der Waals surface area contributed by atoms with Crippen LogP contribution in [0, 0.1) is 6.92 Å². The van der Waals surface area contributed by atoms with Crippen molar-refractivity contribution in [2.75, 3.05) is 0 Å². The summed E-state index contributed by atoms with van der Waals surface area (Å²) in [5, 5.41) is 9.43. The zero-order valence-electron chi connectivity index (χ0n) is 8.49. The van der Waals surface area contributed by atoms with Crippen molar-refractivity contribution < 1.29 is 9.52 Å². The van der Waals surface area contributed by atoms with E-state index in [1.165, 1.54) is 0 Å². The highest BCUT2D eigenvalue weighted by Crippen LogP contribution is 2.36. The van der Waals surface area contributed by atoms with Crippen LogP contribution in [0.25, 0.3) is 0 Å². The number of aliphatic hydroxyl groups excluding tert-OH is 1. The fourth-order valence-electron chi connectivity index (χ4n) is 2.29. The van der Waals surface area contributed by atoms with Gasteiger partial charge < -0.3 is 15.3 Å². The molecule has 1 aromatic rings. The van der Waals surface area contributed by atoms with E-state index >= 15 is 0 Å². The van der Waals surface area contributed by atoms with Gasteiger partial charge >= 0.3 is 0 Å². The molecular weight excluding hydrogens is 178 g/mol. The first-order chi connectivity index (χ1) is 6.62. The molecule has 0 saturated heterocycles. The summed E-state index contributed by atoms with van der Waals surface area (Å²) >= 11 is 0. The summed E-state index contributed by atoms with van der Waals surface area (Å²) in [7, 11) is 0. The molecule has 1 aliphatic rings. The van der Waals surface area contributed by atoms with Gasteiger partial charge in [0.1, 0.15) is 5.76 Å². The topological polar surface area (TPSA) is 59.4 Å². The number of hydrogen-bond donors (Lipinski definition) is 2. The average Bonchev–Trinajstić information content (AvgIpc) is 2.58. The van der Waals surface area contributed by atoms with Crippen LogP contribution in [0.4, 0.5) is 0 Å². The molecule has 14 heavy (non-hydrogen) atoms. The SMILES string of the molecule is Cc1occc1C1(N)CCC(O)CC1. The molecule has 0 unspecified atom stereocenters. The van der Waals surface area contributed by atoms with Gasteiger partial charge in [-0.2, -0.15) is 0 Å². The van der Waals surface area contributed by atoms with Crippen LogP contribution in [0.15, 0.2) is 16.7 Å². The van der Waals surface area contributed by atoms with E-state index in [1.54, 1.807) is 6.26 Å². The van der Waals surface area contributed by atoms with Crippen LogP contribution in [0.5, 0.6) is 0 Å². The number of rotatable bonds is 1. The van der Waals surface area contributed by atoms with Crippen molar-refractivity contribution in [3.05, 3.63) is 23.7 Å². The summed E-state index contributed by atoms with van der Waals surface area (Å²) in [5.74, 6) is 0.906. The lowest BCUT2D eigenvalue weighted by Crippen LogP contribution is -2.41. The number of aliphatic hydroxyl groups is 1. The molecule has 1 aromatic heterocycles. The largest absolute Gasteiger partial charge is 0.469 e. The molecule has 0 bridgehead atoms. The van der Waals surface area contributed by atoms with Gasteiger partial charge in [-0.1, -0.05) is 0 Å². The van der Waals surface area contributed by atoms with Gasteiger partial charge in [-0.05, 0) is 38.7 Å². The Hall–Kier alpha value is -0.800. The highest BCUT2D eigenvalue weighted by atomic mass is 16.3. The number of nitrogens with two attached hydrogens (primary N) is 1. The lowest BCUT2D eigenvalue weighted by Gasteiger charge is -2.35. The van der Waals surface area contributed by atoms with Crippen LogP contribution >= 0.6 is 0 Å². The second-order valence-corrected chi connectivity index (χ2v) is 4.28. The summed E-state index contributed by atoms with van der Waals surface area (Å²) in [4.78, 5) is 0. The molecule has 2 rings (SSSR count). The Labute approximate surface area is 83.9 Å². The third-order valence-electron chi connectivity index (χ3n) is 3.24. The molecule has 3 N–H and O–H groups in total. The Balaban J connectivity index is 2.21. The Morgan fingerprint density at radius 3 is 2.64 bits per heavy atom. The molecule has 1 saturated carbocycles. The molecule has 1 fully saturated rings. The van der Waals surface area contributed by atoms with Gasteiger partial charge in [-0.3, -0.25) is 0 Å². The van der Waals surface area contributed by atoms with E-state index in [4.69, 9.17) is 10.2 Å². The Kier molecular flexibility index (Phi) is 2.37. The molecule has 1 aliphatic carbocycles. The standard InChI is InChI=1S/C11H17NO2/c1-8-10(4-7-14-8)11(12)5-2-9(13)3-6-11/h4,7,9,13H,2-3,5-6,12H2,1H3. The highest BCUT2D eigenvalue weighted by molar-refractivity contribution is 5.26. The summed E-state index contributed by atoms with van der Waals surface area (Å²) in [6, 6.07) is 1.95. The molecule has 0 radical (unpaired) electrons. The molecule has 0 spiro atoms. The zero-order valence-corrected chi connectivity index (χ0v) is 8.49. The number of hydrogen-bond acceptors (Lipinski definition) is 3. The zero-order chi connectivity index (χ0) is 10.2. The van der Waals surface area contributed by atoms with Crippen LogP contribution in [0.1, 0.15) is 37.0 Å². The number of furan rings is 1. The van der Waals surface area contributed by atoms with Crippen LogP contribution in [-0.4, -0.2) is 11.2 Å². The second-order valence-electron chi connectivity index (χ2n) is 4.28. The fraction of sp³-hybridized carbons (Fsp3) is 0.636. The predicted octanol–water partition coefficient (Wildman–Crippen LogP) is 1.68. The summed E-state index contributed by atoms with van der Waals surface area (Å²) in [6.45, 7) is 1.94. The molecule has 0 aromatic carbocycles. The minimum Gasteiger partial charge on any atom is -0.469 e. The maximum atomic E-state index is 9.43. The lowest BCUT2D eigenvalue weighted by atomic mass is 9.76. The van der Waals surface area contributed by atoms with Crippen molar-refractivity contribution >= 4 is 0 Å². The second kappa shape index (κ2) is 3.41. The van der Waals surface area contributed by atoms with Gasteiger partial charge in [-0.25, -0.2) is 0 Å². The third kappa shape index (κ3) is 1.57. The van der Waals surface area contributed by atoms with Crippen molar-refractivity contribution in [1.82, 2.24) is 0 Å². The summed E-state index contributed by atoms with van der Waals surface area (Å²) in [6.07, 6.45) is 4.79. The van der Waals surface area contributed by atoms with Gasteiger partial charge in [0, 0.05) is 11.1 Å². The monoisotopic (exact) mass is 195 g/mol. The molecule has 0 atom stereocenters. The van der Waals surface area contributed by atoms with Gasteiger partial charge in [0.2, 0.25) is 0 Å². The Morgan fingerprint density at radius 2 is 2.14 bits per heavy atom. The van der Waals surface area contributed by atoms with E-state index in [-0.39, 0.29) is 11.6 Å². The molecular formula is C11H17NO2. The van der Waals surface area contributed by atoms with E-state index in [9.17, 15) is 5.11 Å². The first kappa shape index (κ1) is 9.74. The van der Waals surface area contributed by atoms with E-state index in [1.807, 2.05) is 13.0 Å². The maximum absolute atomic E-state index is 9.43. The van der Waals surface area contributed by atoms with Crippen molar-refractivity contribution in [3.63, 3.8) is 0 Å². The molecule has 1 heterocycles. The molecule has 3 nitrogen and oxygen atoms in total. The highest BCUT2D eigenvalue weighted by Gasteiger charge is 2.34. The molecule has 3 heteroatoms. The van der Waals surface area contributed by atoms with E-state index in [0.29, 0.717) is 0 Å². The van der Waals surface area contributed by atoms with E-state index in [2.05, 4.69) is 0 Å². The molecule has 0 amide bonds. The third-order valence-corrected chi connectivity index (χ3v) is 3.24. The van der Waals surface area contributed by atoms with Gasteiger partial charge in [0.25, 0.3) is 0 Å². The normalized spacial score (nSPS) is 33.2.